The number of aromatic amines is 1. The third kappa shape index (κ3) is 2.47. The van der Waals surface area contributed by atoms with Gasteiger partial charge in [0, 0.05) is 32.1 Å². The highest BCUT2D eigenvalue weighted by Gasteiger charge is 2.22. The number of rotatable bonds is 2. The molecule has 1 aliphatic heterocycles. The maximum absolute atomic E-state index is 12.0. The zero-order chi connectivity index (χ0) is 13.1. The van der Waals surface area contributed by atoms with Crippen LogP contribution in [0.15, 0.2) is 12.3 Å². The Hall–Kier alpha value is -2.38. The van der Waals surface area contributed by atoms with Crippen molar-refractivity contribution >= 4 is 17.5 Å². The minimum absolute atomic E-state index is 0.0947. The minimum Gasteiger partial charge on any atom is -0.354 e. The number of hydrogen-bond acceptors (Lipinski definition) is 4. The second-order valence-electron chi connectivity index (χ2n) is 3.92. The molecular weight excluding hydrogens is 240 g/mol. The van der Waals surface area contributed by atoms with Crippen molar-refractivity contribution in [1.29, 1.82) is 0 Å². The number of aromatic nitrogens is 1. The number of hydrogen-bond donors (Lipinski definition) is 2. The topological polar surface area (TPSA) is 108 Å². The monoisotopic (exact) mass is 252 g/mol. The Balaban J connectivity index is 2.09. The molecule has 0 bridgehead atoms. The molecular formula is C10H12N4O4. The van der Waals surface area contributed by atoms with Gasteiger partial charge in [0.05, 0.1) is 11.1 Å². The molecule has 18 heavy (non-hydrogen) atoms. The number of nitrogens with zero attached hydrogens (tertiary/aromatic N) is 2. The van der Waals surface area contributed by atoms with Gasteiger partial charge in [0.1, 0.15) is 5.69 Å². The SMILES string of the molecule is O=C1CCN(C(=O)c2cc([N+](=O)[O-])c[nH]2)CCN1. The van der Waals surface area contributed by atoms with Gasteiger partial charge in [-0.3, -0.25) is 19.7 Å². The van der Waals surface area contributed by atoms with E-state index in [2.05, 4.69) is 10.3 Å². The molecule has 0 aliphatic carbocycles. The average molecular weight is 252 g/mol. The van der Waals surface area contributed by atoms with Crippen molar-refractivity contribution in [3.05, 3.63) is 28.1 Å². The van der Waals surface area contributed by atoms with Gasteiger partial charge < -0.3 is 15.2 Å². The first-order valence-electron chi connectivity index (χ1n) is 5.46. The zero-order valence-corrected chi connectivity index (χ0v) is 9.51. The van der Waals surface area contributed by atoms with Gasteiger partial charge in [-0.25, -0.2) is 0 Å². The van der Waals surface area contributed by atoms with Crippen LogP contribution in [0.1, 0.15) is 16.9 Å². The van der Waals surface area contributed by atoms with E-state index in [1.807, 2.05) is 0 Å². The summed E-state index contributed by atoms with van der Waals surface area (Å²) in [4.78, 5) is 37.2. The first-order chi connectivity index (χ1) is 8.58. The predicted molar refractivity (Wildman–Crippen MR) is 61.0 cm³/mol. The number of carbonyl (C=O) groups excluding carboxylic acids is 2. The van der Waals surface area contributed by atoms with Crippen LogP contribution in [0.2, 0.25) is 0 Å². The average Bonchev–Trinajstić information content (AvgIpc) is 2.73. The van der Waals surface area contributed by atoms with Crippen LogP contribution in [0, 0.1) is 10.1 Å². The number of carbonyl (C=O) groups is 2. The molecule has 0 spiro atoms. The Bertz CT molecular complexity index is 496. The van der Waals surface area contributed by atoms with E-state index in [0.717, 1.165) is 0 Å². The molecule has 1 fully saturated rings. The van der Waals surface area contributed by atoms with Crippen molar-refractivity contribution in [2.24, 2.45) is 0 Å². The lowest BCUT2D eigenvalue weighted by molar-refractivity contribution is -0.384. The summed E-state index contributed by atoms with van der Waals surface area (Å²) in [5.41, 5.74) is 0.0124. The standard InChI is InChI=1S/C10H12N4O4/c15-9-1-3-13(4-2-11-9)10(16)8-5-7(6-12-8)14(17)18/h5-6,12H,1-4H2,(H,11,15). The molecule has 0 radical (unpaired) electrons. The number of amides is 2. The fourth-order valence-electron chi connectivity index (χ4n) is 1.75. The van der Waals surface area contributed by atoms with E-state index >= 15 is 0 Å². The summed E-state index contributed by atoms with van der Waals surface area (Å²) in [6, 6.07) is 1.20. The predicted octanol–water partition coefficient (Wildman–Crippen LogP) is -0.115. The van der Waals surface area contributed by atoms with E-state index < -0.39 is 4.92 Å². The Morgan fingerprint density at radius 1 is 1.44 bits per heavy atom. The molecule has 96 valence electrons. The first kappa shape index (κ1) is 12.1. The largest absolute Gasteiger partial charge is 0.354 e. The van der Waals surface area contributed by atoms with Gasteiger partial charge in [0.2, 0.25) is 5.91 Å². The normalized spacial score (nSPS) is 16.0. The van der Waals surface area contributed by atoms with E-state index in [0.29, 0.717) is 19.6 Å². The van der Waals surface area contributed by atoms with Crippen molar-refractivity contribution in [2.45, 2.75) is 6.42 Å². The summed E-state index contributed by atoms with van der Waals surface area (Å²) in [5.74, 6) is -0.428. The van der Waals surface area contributed by atoms with Gasteiger partial charge in [-0.05, 0) is 0 Å². The maximum Gasteiger partial charge on any atom is 0.287 e. The summed E-state index contributed by atoms with van der Waals surface area (Å²) >= 11 is 0. The molecule has 8 heteroatoms. The molecule has 0 aromatic carbocycles. The third-order valence-corrected chi connectivity index (χ3v) is 2.71. The van der Waals surface area contributed by atoms with Crippen molar-refractivity contribution in [3.8, 4) is 0 Å². The van der Waals surface area contributed by atoms with Gasteiger partial charge >= 0.3 is 0 Å². The molecule has 1 aromatic heterocycles. The van der Waals surface area contributed by atoms with Crippen LogP contribution in [-0.4, -0.2) is 46.3 Å². The molecule has 1 aromatic rings. The van der Waals surface area contributed by atoms with E-state index in [9.17, 15) is 19.7 Å². The van der Waals surface area contributed by atoms with Gasteiger partial charge in [0.15, 0.2) is 0 Å². The summed E-state index contributed by atoms with van der Waals surface area (Å²) < 4.78 is 0. The van der Waals surface area contributed by atoms with Gasteiger partial charge in [-0.15, -0.1) is 0 Å². The Morgan fingerprint density at radius 2 is 2.22 bits per heavy atom. The van der Waals surface area contributed by atoms with E-state index in [1.54, 1.807) is 0 Å². The van der Waals surface area contributed by atoms with Crippen LogP contribution in [0.5, 0.6) is 0 Å². The van der Waals surface area contributed by atoms with Crippen LogP contribution in [0.3, 0.4) is 0 Å². The van der Waals surface area contributed by atoms with Gasteiger partial charge in [0.25, 0.3) is 11.6 Å². The zero-order valence-electron chi connectivity index (χ0n) is 9.51. The minimum atomic E-state index is -0.569. The Morgan fingerprint density at radius 3 is 2.89 bits per heavy atom. The molecule has 2 amide bonds. The number of H-pyrrole nitrogens is 1. The van der Waals surface area contributed by atoms with Crippen LogP contribution in [0.25, 0.3) is 0 Å². The highest BCUT2D eigenvalue weighted by molar-refractivity contribution is 5.93. The molecule has 1 aliphatic rings. The second-order valence-corrected chi connectivity index (χ2v) is 3.92. The quantitative estimate of drug-likeness (QED) is 0.565. The van der Waals surface area contributed by atoms with Crippen molar-refractivity contribution in [3.63, 3.8) is 0 Å². The third-order valence-electron chi connectivity index (χ3n) is 2.71. The highest BCUT2D eigenvalue weighted by Crippen LogP contribution is 2.14. The highest BCUT2D eigenvalue weighted by atomic mass is 16.6. The molecule has 1 saturated heterocycles. The smallest absolute Gasteiger partial charge is 0.287 e. The molecule has 0 unspecified atom stereocenters. The Labute approximate surface area is 102 Å². The van der Waals surface area contributed by atoms with E-state index in [4.69, 9.17) is 0 Å². The van der Waals surface area contributed by atoms with Crippen molar-refractivity contribution in [2.75, 3.05) is 19.6 Å². The summed E-state index contributed by atoms with van der Waals surface area (Å²) in [6.07, 6.45) is 1.42. The number of nitrogens with one attached hydrogen (secondary N) is 2. The fourth-order valence-corrected chi connectivity index (χ4v) is 1.75. The molecule has 2 heterocycles. The van der Waals surface area contributed by atoms with E-state index in [-0.39, 0.29) is 29.6 Å². The molecule has 0 saturated carbocycles. The Kier molecular flexibility index (Phi) is 3.26. The summed E-state index contributed by atoms with van der Waals surface area (Å²) in [6.45, 7) is 1.11. The fraction of sp³-hybridized carbons (Fsp3) is 0.400. The lowest BCUT2D eigenvalue weighted by Gasteiger charge is -2.18. The summed E-state index contributed by atoms with van der Waals surface area (Å²) in [7, 11) is 0. The molecule has 8 nitrogen and oxygen atoms in total. The molecule has 2 N–H and O–H groups in total. The molecule has 0 atom stereocenters. The van der Waals surface area contributed by atoms with Crippen LogP contribution in [0.4, 0.5) is 5.69 Å². The first-order valence-corrected chi connectivity index (χ1v) is 5.46. The second kappa shape index (κ2) is 4.86. The van der Waals surface area contributed by atoms with Crippen LogP contribution < -0.4 is 5.32 Å². The van der Waals surface area contributed by atoms with Crippen molar-refractivity contribution in [1.82, 2.24) is 15.2 Å². The van der Waals surface area contributed by atoms with Gasteiger partial charge in [-0.2, -0.15) is 0 Å². The van der Waals surface area contributed by atoms with E-state index in [1.165, 1.54) is 17.2 Å². The lowest BCUT2D eigenvalue weighted by atomic mass is 10.3. The van der Waals surface area contributed by atoms with Crippen LogP contribution >= 0.6 is 0 Å². The van der Waals surface area contributed by atoms with Crippen LogP contribution in [-0.2, 0) is 4.79 Å². The summed E-state index contributed by atoms with van der Waals surface area (Å²) in [5, 5.41) is 13.2. The lowest BCUT2D eigenvalue weighted by Crippen LogP contribution is -2.34. The molecule has 2 rings (SSSR count). The maximum atomic E-state index is 12.0. The van der Waals surface area contributed by atoms with Crippen molar-refractivity contribution < 1.29 is 14.5 Å². The van der Waals surface area contributed by atoms with Gasteiger partial charge in [-0.1, -0.05) is 0 Å². The number of nitro groups is 1.